The van der Waals surface area contributed by atoms with Crippen molar-refractivity contribution < 1.29 is 4.79 Å². The zero-order chi connectivity index (χ0) is 15.6. The largest absolute Gasteiger partial charge is 0.341 e. The van der Waals surface area contributed by atoms with E-state index in [9.17, 15) is 4.79 Å². The molecule has 0 radical (unpaired) electrons. The van der Waals surface area contributed by atoms with E-state index in [4.69, 9.17) is 0 Å². The number of nitrogens with one attached hydrogen (secondary N) is 1. The Bertz CT molecular complexity index is 495. The van der Waals surface area contributed by atoms with E-state index in [0.29, 0.717) is 6.54 Å². The third-order valence-corrected chi connectivity index (χ3v) is 4.00. The van der Waals surface area contributed by atoms with Gasteiger partial charge in [-0.1, -0.05) is 20.8 Å². The van der Waals surface area contributed by atoms with Gasteiger partial charge in [-0.25, -0.2) is 0 Å². The molecule has 1 aromatic heterocycles. The Labute approximate surface area is 127 Å². The highest BCUT2D eigenvalue weighted by atomic mass is 16.2. The lowest BCUT2D eigenvalue weighted by Gasteiger charge is -2.22. The fraction of sp³-hybridized carbons (Fsp3) is 0.750. The van der Waals surface area contributed by atoms with Crippen molar-refractivity contribution in [2.45, 2.75) is 58.5 Å². The van der Waals surface area contributed by atoms with Gasteiger partial charge in [-0.05, 0) is 19.8 Å². The summed E-state index contributed by atoms with van der Waals surface area (Å²) in [5, 5.41) is 7.92. The second-order valence-corrected chi connectivity index (χ2v) is 7.06. The van der Waals surface area contributed by atoms with Crippen molar-refractivity contribution in [1.29, 1.82) is 0 Å². The van der Waals surface area contributed by atoms with Crippen LogP contribution in [0.5, 0.6) is 0 Å². The molecule has 1 saturated heterocycles. The topological polar surface area (TPSA) is 50.2 Å². The smallest absolute Gasteiger partial charge is 0.239 e. The molecule has 5 nitrogen and oxygen atoms in total. The first-order chi connectivity index (χ1) is 9.79. The van der Waals surface area contributed by atoms with Crippen LogP contribution in [0.3, 0.4) is 0 Å². The lowest BCUT2D eigenvalue weighted by atomic mass is 9.89. The maximum absolute atomic E-state index is 12.3. The zero-order valence-corrected chi connectivity index (χ0v) is 13.9. The third kappa shape index (κ3) is 3.84. The maximum atomic E-state index is 12.3. The molecule has 2 rings (SSSR count). The van der Waals surface area contributed by atoms with Crippen LogP contribution in [0.25, 0.3) is 0 Å². The number of hydrogen-bond acceptors (Lipinski definition) is 3. The zero-order valence-electron chi connectivity index (χ0n) is 13.9. The van der Waals surface area contributed by atoms with Gasteiger partial charge in [0.05, 0.1) is 11.7 Å². The fourth-order valence-corrected chi connectivity index (χ4v) is 2.86. The Balaban J connectivity index is 1.98. The van der Waals surface area contributed by atoms with Crippen LogP contribution in [0.15, 0.2) is 6.20 Å². The van der Waals surface area contributed by atoms with Crippen LogP contribution in [0, 0.1) is 0 Å². The number of aryl methyl sites for hydroxylation is 1. The molecule has 2 heterocycles. The van der Waals surface area contributed by atoms with Crippen molar-refractivity contribution in [1.82, 2.24) is 20.0 Å². The van der Waals surface area contributed by atoms with Gasteiger partial charge in [0.2, 0.25) is 5.91 Å². The molecule has 118 valence electrons. The molecule has 1 aliphatic rings. The lowest BCUT2D eigenvalue weighted by molar-refractivity contribution is -0.131. The predicted octanol–water partition coefficient (Wildman–Crippen LogP) is 1.82. The lowest BCUT2D eigenvalue weighted by Crippen LogP contribution is -2.43. The minimum absolute atomic E-state index is 0.0144. The van der Waals surface area contributed by atoms with E-state index in [1.165, 1.54) is 5.56 Å². The molecule has 5 heteroatoms. The second kappa shape index (κ2) is 6.18. The van der Waals surface area contributed by atoms with Crippen molar-refractivity contribution in [3.63, 3.8) is 0 Å². The highest BCUT2D eigenvalue weighted by Crippen LogP contribution is 2.24. The molecular formula is C16H28N4O. The van der Waals surface area contributed by atoms with Gasteiger partial charge in [0.15, 0.2) is 0 Å². The van der Waals surface area contributed by atoms with Crippen LogP contribution in [0.1, 0.15) is 51.8 Å². The molecule has 0 saturated carbocycles. The van der Waals surface area contributed by atoms with Gasteiger partial charge in [-0.2, -0.15) is 5.10 Å². The van der Waals surface area contributed by atoms with Crippen LogP contribution >= 0.6 is 0 Å². The minimum atomic E-state index is -0.142. The first-order valence-electron chi connectivity index (χ1n) is 7.84. The van der Waals surface area contributed by atoms with Crippen molar-refractivity contribution >= 4 is 5.91 Å². The molecule has 0 spiro atoms. The first-order valence-corrected chi connectivity index (χ1v) is 7.84. The molecule has 1 atom stereocenters. The molecule has 1 amide bonds. The first kappa shape index (κ1) is 16.0. The molecule has 21 heavy (non-hydrogen) atoms. The van der Waals surface area contributed by atoms with Crippen molar-refractivity contribution in [2.75, 3.05) is 13.1 Å². The summed E-state index contributed by atoms with van der Waals surface area (Å²) >= 11 is 0. The number of nitrogens with zero attached hydrogens (tertiary/aromatic N) is 3. The van der Waals surface area contributed by atoms with Gasteiger partial charge in [0.25, 0.3) is 0 Å². The Hall–Kier alpha value is -1.36. The molecule has 0 aliphatic carbocycles. The molecule has 0 bridgehead atoms. The van der Waals surface area contributed by atoms with E-state index >= 15 is 0 Å². The van der Waals surface area contributed by atoms with E-state index in [1.807, 2.05) is 29.7 Å². The van der Waals surface area contributed by atoms with E-state index < -0.39 is 0 Å². The van der Waals surface area contributed by atoms with E-state index in [0.717, 1.165) is 31.6 Å². The highest BCUT2D eigenvalue weighted by molar-refractivity contribution is 5.81. The van der Waals surface area contributed by atoms with E-state index in [-0.39, 0.29) is 17.4 Å². The molecule has 0 aromatic carbocycles. The normalized spacial score (nSPS) is 17.3. The monoisotopic (exact) mass is 292 g/mol. The summed E-state index contributed by atoms with van der Waals surface area (Å²) in [7, 11) is 1.94. The van der Waals surface area contributed by atoms with Gasteiger partial charge in [0.1, 0.15) is 0 Å². The molecule has 1 N–H and O–H groups in total. The Kier molecular flexibility index (Phi) is 4.71. The van der Waals surface area contributed by atoms with Gasteiger partial charge < -0.3 is 10.2 Å². The van der Waals surface area contributed by atoms with Gasteiger partial charge >= 0.3 is 0 Å². The standard InChI is InChI=1S/C16H28N4O/c1-12(15(21)20-8-6-7-9-20)17-10-13-11-19(5)18-14(13)16(2,3)4/h11-12,17H,6-10H2,1-5H3. The Morgan fingerprint density at radius 3 is 2.57 bits per heavy atom. The summed E-state index contributed by atoms with van der Waals surface area (Å²) in [6.45, 7) is 10.9. The summed E-state index contributed by atoms with van der Waals surface area (Å²) in [5.74, 6) is 0.216. The SMILES string of the molecule is CC(NCc1cn(C)nc1C(C)(C)C)C(=O)N1CCCC1. The third-order valence-electron chi connectivity index (χ3n) is 4.00. The number of hydrogen-bond donors (Lipinski definition) is 1. The minimum Gasteiger partial charge on any atom is -0.341 e. The summed E-state index contributed by atoms with van der Waals surface area (Å²) in [6.07, 6.45) is 4.31. The van der Waals surface area contributed by atoms with Crippen molar-refractivity contribution in [3.8, 4) is 0 Å². The molecule has 1 aromatic rings. The second-order valence-electron chi connectivity index (χ2n) is 7.06. The Morgan fingerprint density at radius 2 is 2.00 bits per heavy atom. The van der Waals surface area contributed by atoms with Crippen LogP contribution in [-0.4, -0.2) is 39.7 Å². The highest BCUT2D eigenvalue weighted by Gasteiger charge is 2.25. The average molecular weight is 292 g/mol. The number of amides is 1. The predicted molar refractivity (Wildman–Crippen MR) is 84.0 cm³/mol. The number of aromatic nitrogens is 2. The Morgan fingerprint density at radius 1 is 1.38 bits per heavy atom. The van der Waals surface area contributed by atoms with Crippen molar-refractivity contribution in [2.24, 2.45) is 7.05 Å². The molecule has 1 fully saturated rings. The summed E-state index contributed by atoms with van der Waals surface area (Å²) in [5.41, 5.74) is 2.28. The van der Waals surface area contributed by atoms with Gasteiger partial charge in [-0.3, -0.25) is 9.48 Å². The number of rotatable bonds is 4. The molecular weight excluding hydrogens is 264 g/mol. The van der Waals surface area contributed by atoms with Gasteiger partial charge in [-0.15, -0.1) is 0 Å². The van der Waals surface area contributed by atoms with Crippen LogP contribution in [0.4, 0.5) is 0 Å². The maximum Gasteiger partial charge on any atom is 0.239 e. The average Bonchev–Trinajstić information content (AvgIpc) is 3.03. The number of likely N-dealkylation sites (tertiary alicyclic amines) is 1. The number of carbonyl (C=O) groups excluding carboxylic acids is 1. The number of carbonyl (C=O) groups is 1. The molecule has 1 aliphatic heterocycles. The summed E-state index contributed by atoms with van der Waals surface area (Å²) in [6, 6.07) is -0.142. The van der Waals surface area contributed by atoms with Gasteiger partial charge in [0, 0.05) is 43.9 Å². The molecule has 1 unspecified atom stereocenters. The van der Waals surface area contributed by atoms with E-state index in [2.05, 4.69) is 31.2 Å². The van der Waals surface area contributed by atoms with Crippen LogP contribution < -0.4 is 5.32 Å². The quantitative estimate of drug-likeness (QED) is 0.921. The van der Waals surface area contributed by atoms with E-state index in [1.54, 1.807) is 0 Å². The summed E-state index contributed by atoms with van der Waals surface area (Å²) in [4.78, 5) is 14.3. The van der Waals surface area contributed by atoms with Crippen LogP contribution in [0.2, 0.25) is 0 Å². The van der Waals surface area contributed by atoms with Crippen LogP contribution in [-0.2, 0) is 23.8 Å². The fourth-order valence-electron chi connectivity index (χ4n) is 2.86. The van der Waals surface area contributed by atoms with Crippen molar-refractivity contribution in [3.05, 3.63) is 17.5 Å². The summed E-state index contributed by atoms with van der Waals surface area (Å²) < 4.78 is 1.85.